The molecule has 0 bridgehead atoms. The van der Waals surface area contributed by atoms with E-state index >= 15 is 0 Å². The fourth-order valence-electron chi connectivity index (χ4n) is 2.79. The van der Waals surface area contributed by atoms with Gasteiger partial charge in [0, 0.05) is 49.4 Å². The number of morpholine rings is 1. The first-order valence-corrected chi connectivity index (χ1v) is 9.11. The molecule has 2 aromatic rings. The van der Waals surface area contributed by atoms with Gasteiger partial charge in [0.05, 0.1) is 13.2 Å². The molecule has 1 aliphatic rings. The van der Waals surface area contributed by atoms with Gasteiger partial charge in [-0.3, -0.25) is 9.78 Å². The van der Waals surface area contributed by atoms with Crippen molar-refractivity contribution >= 4 is 22.9 Å². The Kier molecular flexibility index (Phi) is 5.48. The van der Waals surface area contributed by atoms with Crippen LogP contribution in [0.1, 0.15) is 22.3 Å². The van der Waals surface area contributed by atoms with Crippen molar-refractivity contribution in [2.24, 2.45) is 0 Å². The molecule has 1 aliphatic heterocycles. The highest BCUT2D eigenvalue weighted by Gasteiger charge is 2.20. The Morgan fingerprint density at radius 2 is 2.21 bits per heavy atom. The summed E-state index contributed by atoms with van der Waals surface area (Å²) in [6, 6.07) is 8.13. The largest absolute Gasteiger partial charge is 0.378 e. The maximum atomic E-state index is 12.8. The van der Waals surface area contributed by atoms with E-state index in [1.807, 2.05) is 25.2 Å². The van der Waals surface area contributed by atoms with Crippen LogP contribution in [0.2, 0.25) is 0 Å². The fraction of sp³-hybridized carbons (Fsp3) is 0.444. The molecule has 24 heavy (non-hydrogen) atoms. The molecular formula is C18H23N3O2S. The standard InChI is InChI=1S/C18H23N3O2S/c1-14(12-16-4-3-11-24-16)20(2)18(22)17-13-15(5-6-19-17)21-7-9-23-10-8-21/h3-6,11,13-14H,7-10,12H2,1-2H3. The first-order valence-electron chi connectivity index (χ1n) is 8.23. The second kappa shape index (κ2) is 7.77. The molecule has 0 radical (unpaired) electrons. The topological polar surface area (TPSA) is 45.7 Å². The molecule has 2 aromatic heterocycles. The predicted molar refractivity (Wildman–Crippen MR) is 96.8 cm³/mol. The third-order valence-corrected chi connectivity index (χ3v) is 5.30. The highest BCUT2D eigenvalue weighted by atomic mass is 32.1. The van der Waals surface area contributed by atoms with Crippen LogP contribution in [0.15, 0.2) is 35.8 Å². The minimum absolute atomic E-state index is 0.0332. The van der Waals surface area contributed by atoms with Crippen molar-refractivity contribution in [3.05, 3.63) is 46.4 Å². The van der Waals surface area contributed by atoms with Crippen molar-refractivity contribution in [1.82, 2.24) is 9.88 Å². The summed E-state index contributed by atoms with van der Waals surface area (Å²) in [6.07, 6.45) is 2.58. The third kappa shape index (κ3) is 3.94. The Labute approximate surface area is 146 Å². The molecule has 1 saturated heterocycles. The zero-order valence-electron chi connectivity index (χ0n) is 14.1. The lowest BCUT2D eigenvalue weighted by molar-refractivity contribution is 0.0738. The lowest BCUT2D eigenvalue weighted by Gasteiger charge is -2.29. The van der Waals surface area contributed by atoms with Crippen LogP contribution < -0.4 is 4.90 Å². The molecule has 5 nitrogen and oxygen atoms in total. The van der Waals surface area contributed by atoms with E-state index < -0.39 is 0 Å². The van der Waals surface area contributed by atoms with E-state index in [2.05, 4.69) is 28.3 Å². The van der Waals surface area contributed by atoms with Crippen molar-refractivity contribution in [3.8, 4) is 0 Å². The molecule has 0 aliphatic carbocycles. The van der Waals surface area contributed by atoms with E-state index in [1.165, 1.54) is 4.88 Å². The van der Waals surface area contributed by atoms with Gasteiger partial charge in [-0.25, -0.2) is 0 Å². The summed E-state index contributed by atoms with van der Waals surface area (Å²) in [4.78, 5) is 22.4. The number of thiophene rings is 1. The number of likely N-dealkylation sites (N-methyl/N-ethyl adjacent to an activating group) is 1. The molecule has 0 saturated carbocycles. The van der Waals surface area contributed by atoms with Crippen molar-refractivity contribution in [2.75, 3.05) is 38.3 Å². The average Bonchev–Trinajstić information content (AvgIpc) is 3.14. The normalized spacial score (nSPS) is 16.0. The van der Waals surface area contributed by atoms with Gasteiger partial charge in [-0.05, 0) is 30.5 Å². The van der Waals surface area contributed by atoms with Crippen molar-refractivity contribution < 1.29 is 9.53 Å². The summed E-state index contributed by atoms with van der Waals surface area (Å²) in [7, 11) is 1.85. The van der Waals surface area contributed by atoms with Crippen LogP contribution in [-0.4, -0.2) is 55.2 Å². The van der Waals surface area contributed by atoms with Gasteiger partial charge in [-0.1, -0.05) is 6.07 Å². The van der Waals surface area contributed by atoms with E-state index in [9.17, 15) is 4.79 Å². The number of ether oxygens (including phenoxy) is 1. The molecule has 0 aromatic carbocycles. The van der Waals surface area contributed by atoms with Gasteiger partial charge in [-0.2, -0.15) is 0 Å². The summed E-state index contributed by atoms with van der Waals surface area (Å²) < 4.78 is 5.39. The highest BCUT2D eigenvalue weighted by molar-refractivity contribution is 7.09. The zero-order chi connectivity index (χ0) is 16.9. The van der Waals surface area contributed by atoms with Gasteiger partial charge in [0.2, 0.25) is 0 Å². The molecule has 0 N–H and O–H groups in total. The van der Waals surface area contributed by atoms with E-state index in [4.69, 9.17) is 4.74 Å². The average molecular weight is 345 g/mol. The van der Waals surface area contributed by atoms with Gasteiger partial charge >= 0.3 is 0 Å². The van der Waals surface area contributed by atoms with Crippen molar-refractivity contribution in [3.63, 3.8) is 0 Å². The molecule has 3 heterocycles. The number of hydrogen-bond donors (Lipinski definition) is 0. The van der Waals surface area contributed by atoms with Gasteiger partial charge < -0.3 is 14.5 Å². The Morgan fingerprint density at radius 1 is 1.42 bits per heavy atom. The maximum Gasteiger partial charge on any atom is 0.272 e. The molecule has 1 amide bonds. The lowest BCUT2D eigenvalue weighted by Crippen LogP contribution is -2.38. The fourth-order valence-corrected chi connectivity index (χ4v) is 3.62. The lowest BCUT2D eigenvalue weighted by atomic mass is 10.1. The SMILES string of the molecule is CC(Cc1cccs1)N(C)C(=O)c1cc(N2CCOCC2)ccn1. The van der Waals surface area contributed by atoms with Gasteiger partial charge in [0.25, 0.3) is 5.91 Å². The smallest absolute Gasteiger partial charge is 0.272 e. The molecular weight excluding hydrogens is 322 g/mol. The quantitative estimate of drug-likeness (QED) is 0.836. The van der Waals surface area contributed by atoms with Crippen LogP contribution in [-0.2, 0) is 11.2 Å². The van der Waals surface area contributed by atoms with Crippen LogP contribution in [0.3, 0.4) is 0 Å². The van der Waals surface area contributed by atoms with Crippen molar-refractivity contribution in [1.29, 1.82) is 0 Å². The number of anilines is 1. The van der Waals surface area contributed by atoms with Crippen LogP contribution in [0, 0.1) is 0 Å². The van der Waals surface area contributed by atoms with E-state index in [0.717, 1.165) is 38.4 Å². The number of carbonyl (C=O) groups is 1. The number of nitrogens with zero attached hydrogens (tertiary/aromatic N) is 3. The minimum Gasteiger partial charge on any atom is -0.378 e. The molecule has 6 heteroatoms. The summed E-state index contributed by atoms with van der Waals surface area (Å²) in [6.45, 7) is 5.22. The van der Waals surface area contributed by atoms with E-state index in [-0.39, 0.29) is 11.9 Å². The zero-order valence-corrected chi connectivity index (χ0v) is 15.0. The molecule has 1 fully saturated rings. The number of carbonyl (C=O) groups excluding carboxylic acids is 1. The highest BCUT2D eigenvalue weighted by Crippen LogP contribution is 2.19. The van der Waals surface area contributed by atoms with Crippen LogP contribution in [0.5, 0.6) is 0 Å². The maximum absolute atomic E-state index is 12.8. The molecule has 3 rings (SSSR count). The first-order chi connectivity index (χ1) is 11.6. The summed E-state index contributed by atoms with van der Waals surface area (Å²) >= 11 is 1.73. The number of aromatic nitrogens is 1. The Morgan fingerprint density at radius 3 is 2.92 bits per heavy atom. The van der Waals surface area contributed by atoms with Crippen molar-refractivity contribution in [2.45, 2.75) is 19.4 Å². The Bertz CT molecular complexity index is 669. The second-order valence-electron chi connectivity index (χ2n) is 6.05. The first kappa shape index (κ1) is 16.9. The monoisotopic (exact) mass is 345 g/mol. The third-order valence-electron chi connectivity index (χ3n) is 4.40. The molecule has 0 spiro atoms. The summed E-state index contributed by atoms with van der Waals surface area (Å²) in [5.41, 5.74) is 1.54. The minimum atomic E-state index is -0.0332. The van der Waals surface area contributed by atoms with E-state index in [0.29, 0.717) is 5.69 Å². The van der Waals surface area contributed by atoms with Gasteiger partial charge in [0.15, 0.2) is 0 Å². The van der Waals surface area contributed by atoms with E-state index in [1.54, 1.807) is 22.4 Å². The van der Waals surface area contributed by atoms with Crippen LogP contribution in [0.25, 0.3) is 0 Å². The number of rotatable bonds is 5. The predicted octanol–water partition coefficient (Wildman–Crippen LogP) is 2.68. The Balaban J connectivity index is 1.69. The summed E-state index contributed by atoms with van der Waals surface area (Å²) in [5, 5.41) is 2.07. The molecule has 1 unspecified atom stereocenters. The number of pyridine rings is 1. The Hall–Kier alpha value is -1.92. The summed E-state index contributed by atoms with van der Waals surface area (Å²) in [5.74, 6) is -0.0332. The molecule has 1 atom stereocenters. The van der Waals surface area contributed by atoms with Gasteiger partial charge in [0.1, 0.15) is 5.69 Å². The van der Waals surface area contributed by atoms with Gasteiger partial charge in [-0.15, -0.1) is 11.3 Å². The second-order valence-corrected chi connectivity index (χ2v) is 7.08. The number of hydrogen-bond acceptors (Lipinski definition) is 5. The molecule has 128 valence electrons. The number of amides is 1. The van der Waals surface area contributed by atoms with Crippen LogP contribution >= 0.6 is 11.3 Å². The van der Waals surface area contributed by atoms with Crippen LogP contribution in [0.4, 0.5) is 5.69 Å².